The van der Waals surface area contributed by atoms with Crippen molar-refractivity contribution in [2.24, 2.45) is 5.14 Å². The number of aryl methyl sites for hydroxylation is 1. The lowest BCUT2D eigenvalue weighted by molar-refractivity contribution is 0.595. The number of rotatable bonds is 4. The normalized spacial score (nSPS) is 13.6. The van der Waals surface area contributed by atoms with E-state index in [9.17, 15) is 16.8 Å². The summed E-state index contributed by atoms with van der Waals surface area (Å²) in [5.74, 6) is 0. The predicted molar refractivity (Wildman–Crippen MR) is 70.2 cm³/mol. The molecule has 0 saturated carbocycles. The van der Waals surface area contributed by atoms with Crippen LogP contribution in [0.15, 0.2) is 23.1 Å². The summed E-state index contributed by atoms with van der Waals surface area (Å²) < 4.78 is 48.0. The summed E-state index contributed by atoms with van der Waals surface area (Å²) in [6.07, 6.45) is 0. The Hall–Kier alpha value is -1.63. The molecular formula is C10H13N3O4S2. The van der Waals surface area contributed by atoms with Crippen LogP contribution in [0.5, 0.6) is 0 Å². The molecule has 19 heavy (non-hydrogen) atoms. The Morgan fingerprint density at radius 1 is 1.32 bits per heavy atom. The van der Waals surface area contributed by atoms with E-state index in [0.29, 0.717) is 5.56 Å². The SMILES string of the molecule is Cc1ccc(S(N)(=O)=O)cc1NS(=O)(=O)C(C)C#N. The van der Waals surface area contributed by atoms with Gasteiger partial charge in [-0.2, -0.15) is 5.26 Å². The van der Waals surface area contributed by atoms with Gasteiger partial charge in [0.05, 0.1) is 16.7 Å². The van der Waals surface area contributed by atoms with Crippen LogP contribution in [0, 0.1) is 18.3 Å². The fourth-order valence-corrected chi connectivity index (χ4v) is 2.58. The van der Waals surface area contributed by atoms with E-state index in [1.54, 1.807) is 13.0 Å². The van der Waals surface area contributed by atoms with Crippen molar-refractivity contribution in [3.63, 3.8) is 0 Å². The average molecular weight is 303 g/mol. The van der Waals surface area contributed by atoms with Crippen LogP contribution in [0.3, 0.4) is 0 Å². The third kappa shape index (κ3) is 3.66. The predicted octanol–water partition coefficient (Wildman–Crippen LogP) is 0.296. The third-order valence-electron chi connectivity index (χ3n) is 2.44. The Balaban J connectivity index is 3.27. The zero-order valence-corrected chi connectivity index (χ0v) is 11.9. The van der Waals surface area contributed by atoms with Gasteiger partial charge in [0.15, 0.2) is 5.25 Å². The van der Waals surface area contributed by atoms with Gasteiger partial charge in [0.2, 0.25) is 20.0 Å². The van der Waals surface area contributed by atoms with Crippen LogP contribution in [-0.4, -0.2) is 22.1 Å². The van der Waals surface area contributed by atoms with E-state index in [-0.39, 0.29) is 10.6 Å². The molecule has 0 aliphatic rings. The van der Waals surface area contributed by atoms with E-state index < -0.39 is 25.3 Å². The molecule has 0 bridgehead atoms. The number of hydrogen-bond donors (Lipinski definition) is 2. The van der Waals surface area contributed by atoms with Gasteiger partial charge in [0.1, 0.15) is 0 Å². The van der Waals surface area contributed by atoms with Crippen LogP contribution in [0.25, 0.3) is 0 Å². The first-order valence-electron chi connectivity index (χ1n) is 5.12. The van der Waals surface area contributed by atoms with E-state index in [1.165, 1.54) is 19.1 Å². The number of benzene rings is 1. The molecule has 0 fully saturated rings. The minimum atomic E-state index is -3.92. The van der Waals surface area contributed by atoms with Crippen LogP contribution in [0.1, 0.15) is 12.5 Å². The van der Waals surface area contributed by atoms with Crippen molar-refractivity contribution in [3.05, 3.63) is 23.8 Å². The Morgan fingerprint density at radius 2 is 1.89 bits per heavy atom. The summed E-state index contributed by atoms with van der Waals surface area (Å²) >= 11 is 0. The van der Waals surface area contributed by atoms with E-state index in [1.807, 2.05) is 0 Å². The largest absolute Gasteiger partial charge is 0.282 e. The minimum Gasteiger partial charge on any atom is -0.282 e. The highest BCUT2D eigenvalue weighted by Gasteiger charge is 2.21. The van der Waals surface area contributed by atoms with Gasteiger partial charge in [0.25, 0.3) is 0 Å². The van der Waals surface area contributed by atoms with Gasteiger partial charge in [0, 0.05) is 0 Å². The number of nitriles is 1. The number of primary sulfonamides is 1. The Bertz CT molecular complexity index is 733. The average Bonchev–Trinajstić information content (AvgIpc) is 2.29. The van der Waals surface area contributed by atoms with Crippen molar-refractivity contribution < 1.29 is 16.8 Å². The summed E-state index contributed by atoms with van der Waals surface area (Å²) in [6, 6.07) is 5.41. The number of hydrogen-bond acceptors (Lipinski definition) is 5. The summed E-state index contributed by atoms with van der Waals surface area (Å²) in [5, 5.41) is 12.3. The van der Waals surface area contributed by atoms with E-state index >= 15 is 0 Å². The van der Waals surface area contributed by atoms with Gasteiger partial charge in [-0.1, -0.05) is 6.07 Å². The maximum atomic E-state index is 11.7. The second kappa shape index (κ2) is 5.16. The molecule has 0 aliphatic heterocycles. The Labute approximate surface area is 112 Å². The van der Waals surface area contributed by atoms with Crippen molar-refractivity contribution in [2.75, 3.05) is 4.72 Å². The molecule has 0 radical (unpaired) electrons. The van der Waals surface area contributed by atoms with E-state index in [4.69, 9.17) is 10.4 Å². The Morgan fingerprint density at radius 3 is 2.37 bits per heavy atom. The van der Waals surface area contributed by atoms with Crippen molar-refractivity contribution in [1.82, 2.24) is 0 Å². The fourth-order valence-electron chi connectivity index (χ4n) is 1.20. The molecule has 7 nitrogen and oxygen atoms in total. The molecule has 1 atom stereocenters. The van der Waals surface area contributed by atoms with Crippen molar-refractivity contribution in [3.8, 4) is 6.07 Å². The Kier molecular flexibility index (Phi) is 4.19. The molecule has 0 saturated heterocycles. The zero-order valence-electron chi connectivity index (χ0n) is 10.3. The number of nitrogens with one attached hydrogen (secondary N) is 1. The summed E-state index contributed by atoms with van der Waals surface area (Å²) in [6.45, 7) is 2.82. The molecule has 1 aromatic rings. The monoisotopic (exact) mass is 303 g/mol. The highest BCUT2D eigenvalue weighted by molar-refractivity contribution is 7.93. The molecule has 0 heterocycles. The molecule has 9 heteroatoms. The fraction of sp³-hybridized carbons (Fsp3) is 0.300. The van der Waals surface area contributed by atoms with Gasteiger partial charge >= 0.3 is 0 Å². The minimum absolute atomic E-state index is 0.0774. The number of anilines is 1. The molecular weight excluding hydrogens is 290 g/mol. The van der Waals surface area contributed by atoms with Crippen molar-refractivity contribution in [2.45, 2.75) is 24.0 Å². The lowest BCUT2D eigenvalue weighted by Crippen LogP contribution is -2.24. The van der Waals surface area contributed by atoms with Crippen LogP contribution in [0.4, 0.5) is 5.69 Å². The van der Waals surface area contributed by atoms with Gasteiger partial charge in [-0.25, -0.2) is 22.0 Å². The van der Waals surface area contributed by atoms with E-state index in [2.05, 4.69) is 4.72 Å². The van der Waals surface area contributed by atoms with E-state index in [0.717, 1.165) is 6.07 Å². The molecule has 0 spiro atoms. The molecule has 1 aromatic carbocycles. The quantitative estimate of drug-likeness (QED) is 0.825. The van der Waals surface area contributed by atoms with Crippen molar-refractivity contribution in [1.29, 1.82) is 5.26 Å². The van der Waals surface area contributed by atoms with Crippen molar-refractivity contribution >= 4 is 25.7 Å². The number of nitrogens with two attached hydrogens (primary N) is 1. The van der Waals surface area contributed by atoms with Crippen LogP contribution in [-0.2, 0) is 20.0 Å². The van der Waals surface area contributed by atoms with Gasteiger partial charge in [-0.15, -0.1) is 0 Å². The van der Waals surface area contributed by atoms with Gasteiger partial charge < -0.3 is 0 Å². The first-order chi connectivity index (χ1) is 8.58. The topological polar surface area (TPSA) is 130 Å². The van der Waals surface area contributed by atoms with Crippen LogP contribution >= 0.6 is 0 Å². The second-order valence-electron chi connectivity index (χ2n) is 3.94. The maximum Gasteiger partial charge on any atom is 0.248 e. The summed E-state index contributed by atoms with van der Waals surface area (Å²) in [7, 11) is -7.82. The van der Waals surface area contributed by atoms with Crippen LogP contribution in [0.2, 0.25) is 0 Å². The molecule has 1 rings (SSSR count). The van der Waals surface area contributed by atoms with Gasteiger partial charge in [-0.05, 0) is 31.5 Å². The molecule has 0 aliphatic carbocycles. The number of nitrogens with zero attached hydrogens (tertiary/aromatic N) is 1. The highest BCUT2D eigenvalue weighted by atomic mass is 32.2. The highest BCUT2D eigenvalue weighted by Crippen LogP contribution is 2.21. The molecule has 0 amide bonds. The third-order valence-corrected chi connectivity index (χ3v) is 4.89. The molecule has 1 unspecified atom stereocenters. The number of sulfonamides is 2. The molecule has 0 aromatic heterocycles. The van der Waals surface area contributed by atoms with Gasteiger partial charge in [-0.3, -0.25) is 4.72 Å². The molecule has 104 valence electrons. The standard InChI is InChI=1S/C10H13N3O4S2/c1-7-3-4-9(18(12,14)15)5-10(7)13-19(16,17)8(2)6-11/h3-5,8,13H,1-2H3,(H2,12,14,15). The van der Waals surface area contributed by atoms with Crippen LogP contribution < -0.4 is 9.86 Å². The lowest BCUT2D eigenvalue weighted by Gasteiger charge is -2.12. The first kappa shape index (κ1) is 15.4. The summed E-state index contributed by atoms with van der Waals surface area (Å²) in [5.41, 5.74) is 0.592. The second-order valence-corrected chi connectivity index (χ2v) is 7.50. The first-order valence-corrected chi connectivity index (χ1v) is 8.22. The lowest BCUT2D eigenvalue weighted by atomic mass is 10.2. The molecule has 3 N–H and O–H groups in total. The summed E-state index contributed by atoms with van der Waals surface area (Å²) in [4.78, 5) is -0.208. The zero-order chi connectivity index (χ0) is 14.8. The maximum absolute atomic E-state index is 11.7. The smallest absolute Gasteiger partial charge is 0.248 e.